The van der Waals surface area contributed by atoms with E-state index in [0.717, 1.165) is 22.3 Å². The molecule has 0 unspecified atom stereocenters. The maximum Gasteiger partial charge on any atom is 0.271 e. The maximum absolute atomic E-state index is 12.6. The van der Waals surface area contributed by atoms with Crippen molar-refractivity contribution in [2.75, 3.05) is 23.8 Å². The molecule has 0 bridgehead atoms. The number of carbonyl (C=O) groups is 1. The summed E-state index contributed by atoms with van der Waals surface area (Å²) in [5, 5.41) is 4.04. The van der Waals surface area contributed by atoms with Crippen molar-refractivity contribution in [3.63, 3.8) is 0 Å². The first-order valence-corrected chi connectivity index (χ1v) is 13.9. The van der Waals surface area contributed by atoms with Gasteiger partial charge in [0.1, 0.15) is 6.61 Å². The Morgan fingerprint density at radius 3 is 2.37 bits per heavy atom. The van der Waals surface area contributed by atoms with Crippen LogP contribution >= 0.6 is 0 Å². The van der Waals surface area contributed by atoms with Crippen molar-refractivity contribution < 1.29 is 22.7 Å². The SMILES string of the molecule is C=CCOc1ccc(/C=N/NC(=O)c2ccc(CN(c3ccc(C)c(C)c3)S(C)(=O)=O)cc2)cc1OCC. The average Bonchev–Trinajstić information content (AvgIpc) is 2.88. The van der Waals surface area contributed by atoms with Crippen LogP contribution in [0.15, 0.2) is 78.4 Å². The van der Waals surface area contributed by atoms with Gasteiger partial charge in [-0.2, -0.15) is 5.10 Å². The minimum Gasteiger partial charge on any atom is -0.490 e. The summed E-state index contributed by atoms with van der Waals surface area (Å²) < 4.78 is 37.5. The summed E-state index contributed by atoms with van der Waals surface area (Å²) in [6.45, 7) is 10.4. The van der Waals surface area contributed by atoms with Crippen molar-refractivity contribution in [2.24, 2.45) is 5.10 Å². The Bertz CT molecular complexity index is 1420. The summed E-state index contributed by atoms with van der Waals surface area (Å²) in [5.41, 5.74) is 7.07. The third-order valence-electron chi connectivity index (χ3n) is 5.73. The highest BCUT2D eigenvalue weighted by Gasteiger charge is 2.18. The number of amides is 1. The van der Waals surface area contributed by atoms with Crippen molar-refractivity contribution in [3.8, 4) is 11.5 Å². The third kappa shape index (κ3) is 7.69. The number of sulfonamides is 1. The van der Waals surface area contributed by atoms with Crippen molar-refractivity contribution >= 4 is 27.8 Å². The van der Waals surface area contributed by atoms with Gasteiger partial charge in [-0.1, -0.05) is 30.9 Å². The highest BCUT2D eigenvalue weighted by molar-refractivity contribution is 7.92. The first-order valence-electron chi connectivity index (χ1n) is 12.1. The van der Waals surface area contributed by atoms with Crippen LogP contribution in [0.2, 0.25) is 0 Å². The lowest BCUT2D eigenvalue weighted by atomic mass is 10.1. The van der Waals surface area contributed by atoms with Gasteiger partial charge in [-0.05, 0) is 85.5 Å². The number of anilines is 1. The number of rotatable bonds is 12. The van der Waals surface area contributed by atoms with Gasteiger partial charge in [0.25, 0.3) is 5.91 Å². The molecule has 9 heteroatoms. The number of hydrogen-bond acceptors (Lipinski definition) is 6. The second-order valence-electron chi connectivity index (χ2n) is 8.67. The number of nitrogens with zero attached hydrogens (tertiary/aromatic N) is 2. The van der Waals surface area contributed by atoms with E-state index in [0.29, 0.717) is 36.0 Å². The van der Waals surface area contributed by atoms with Crippen molar-refractivity contribution in [2.45, 2.75) is 27.3 Å². The van der Waals surface area contributed by atoms with E-state index in [1.807, 2.05) is 32.9 Å². The van der Waals surface area contributed by atoms with E-state index in [-0.39, 0.29) is 6.54 Å². The summed E-state index contributed by atoms with van der Waals surface area (Å²) in [4.78, 5) is 12.6. The zero-order valence-electron chi connectivity index (χ0n) is 22.1. The molecule has 1 amide bonds. The zero-order valence-corrected chi connectivity index (χ0v) is 22.9. The van der Waals surface area contributed by atoms with Gasteiger partial charge in [-0.25, -0.2) is 13.8 Å². The minimum atomic E-state index is -3.51. The van der Waals surface area contributed by atoms with E-state index in [9.17, 15) is 13.2 Å². The number of hydrazone groups is 1. The molecule has 1 N–H and O–H groups in total. The Balaban J connectivity index is 1.67. The van der Waals surface area contributed by atoms with Crippen LogP contribution in [0.3, 0.4) is 0 Å². The predicted octanol–water partition coefficient (Wildman–Crippen LogP) is 5.00. The van der Waals surface area contributed by atoms with Crippen molar-refractivity contribution in [1.82, 2.24) is 5.43 Å². The van der Waals surface area contributed by atoms with E-state index >= 15 is 0 Å². The predicted molar refractivity (Wildman–Crippen MR) is 152 cm³/mol. The Morgan fingerprint density at radius 1 is 1.00 bits per heavy atom. The van der Waals surface area contributed by atoms with Crippen LogP contribution in [0, 0.1) is 13.8 Å². The van der Waals surface area contributed by atoms with E-state index in [1.165, 1.54) is 16.8 Å². The largest absolute Gasteiger partial charge is 0.490 e. The molecule has 8 nitrogen and oxygen atoms in total. The molecular weight excluding hydrogens is 502 g/mol. The molecule has 0 radical (unpaired) electrons. The highest BCUT2D eigenvalue weighted by Crippen LogP contribution is 2.28. The number of carbonyl (C=O) groups excluding carboxylic acids is 1. The monoisotopic (exact) mass is 535 g/mol. The van der Waals surface area contributed by atoms with Gasteiger partial charge in [-0.3, -0.25) is 9.10 Å². The van der Waals surface area contributed by atoms with Crippen LogP contribution in [0.5, 0.6) is 11.5 Å². The fourth-order valence-corrected chi connectivity index (χ4v) is 4.46. The molecule has 0 heterocycles. The molecule has 0 aliphatic rings. The van der Waals surface area contributed by atoms with Gasteiger partial charge in [0.2, 0.25) is 10.0 Å². The Morgan fingerprint density at radius 2 is 1.74 bits per heavy atom. The van der Waals surface area contributed by atoms with Crippen LogP contribution in [-0.2, 0) is 16.6 Å². The molecule has 0 aliphatic carbocycles. The second-order valence-corrected chi connectivity index (χ2v) is 10.6. The van der Waals surface area contributed by atoms with Gasteiger partial charge >= 0.3 is 0 Å². The number of benzene rings is 3. The van der Waals surface area contributed by atoms with Crippen LogP contribution in [0.1, 0.15) is 39.5 Å². The topological polar surface area (TPSA) is 97.3 Å². The molecule has 3 aromatic carbocycles. The molecule has 3 rings (SSSR count). The van der Waals surface area contributed by atoms with E-state index in [4.69, 9.17) is 9.47 Å². The molecule has 0 atom stereocenters. The second kappa shape index (κ2) is 12.9. The van der Waals surface area contributed by atoms with Crippen LogP contribution in [0.4, 0.5) is 5.69 Å². The fraction of sp³-hybridized carbons (Fsp3) is 0.241. The minimum absolute atomic E-state index is 0.149. The summed E-state index contributed by atoms with van der Waals surface area (Å²) in [6, 6.07) is 17.6. The van der Waals surface area contributed by atoms with Gasteiger partial charge < -0.3 is 9.47 Å². The summed E-state index contributed by atoms with van der Waals surface area (Å²) in [7, 11) is -3.51. The lowest BCUT2D eigenvalue weighted by Gasteiger charge is -2.23. The smallest absolute Gasteiger partial charge is 0.271 e. The molecule has 200 valence electrons. The number of hydrogen-bond donors (Lipinski definition) is 1. The number of nitrogens with one attached hydrogen (secondary N) is 1. The fourth-order valence-electron chi connectivity index (χ4n) is 3.58. The Hall–Kier alpha value is -4.11. The normalized spacial score (nSPS) is 11.3. The van der Waals surface area contributed by atoms with Crippen molar-refractivity contribution in [1.29, 1.82) is 0 Å². The van der Waals surface area contributed by atoms with Crippen LogP contribution in [0.25, 0.3) is 0 Å². The molecule has 38 heavy (non-hydrogen) atoms. The van der Waals surface area contributed by atoms with Gasteiger partial charge in [0.15, 0.2) is 11.5 Å². The standard InChI is InChI=1S/C29H33N3O5S/c1-6-16-37-27-15-11-24(18-28(27)36-7-2)19-30-31-29(33)25-12-9-23(10-13-25)20-32(38(5,34)35)26-14-8-21(3)22(4)17-26/h6,8-15,17-19H,1,7,16,20H2,2-5H3,(H,31,33)/b30-19+. The lowest BCUT2D eigenvalue weighted by molar-refractivity contribution is 0.0955. The van der Waals surface area contributed by atoms with E-state index < -0.39 is 15.9 Å². The Kier molecular flexibility index (Phi) is 9.67. The first-order chi connectivity index (χ1) is 18.1. The number of aryl methyl sites for hydroxylation is 2. The molecule has 0 saturated heterocycles. The average molecular weight is 536 g/mol. The maximum atomic E-state index is 12.6. The zero-order chi connectivity index (χ0) is 27.7. The lowest BCUT2D eigenvalue weighted by Crippen LogP contribution is -2.29. The summed E-state index contributed by atoms with van der Waals surface area (Å²) in [5.74, 6) is 0.780. The Labute approximate surface area is 224 Å². The quantitative estimate of drug-likeness (QED) is 0.200. The van der Waals surface area contributed by atoms with Gasteiger partial charge in [0.05, 0.1) is 31.3 Å². The van der Waals surface area contributed by atoms with E-state index in [2.05, 4.69) is 17.1 Å². The molecule has 3 aromatic rings. The molecular formula is C29H33N3O5S. The third-order valence-corrected chi connectivity index (χ3v) is 6.87. The summed E-state index contributed by atoms with van der Waals surface area (Å²) in [6.07, 6.45) is 4.35. The number of ether oxygens (including phenoxy) is 2. The molecule has 0 fully saturated rings. The highest BCUT2D eigenvalue weighted by atomic mass is 32.2. The van der Waals surface area contributed by atoms with Crippen molar-refractivity contribution in [3.05, 3.63) is 101 Å². The first kappa shape index (κ1) is 28.5. The van der Waals surface area contributed by atoms with E-state index in [1.54, 1.807) is 54.6 Å². The molecule has 0 aromatic heterocycles. The molecule has 0 aliphatic heterocycles. The summed E-state index contributed by atoms with van der Waals surface area (Å²) >= 11 is 0. The molecule has 0 spiro atoms. The molecule has 0 saturated carbocycles. The van der Waals surface area contributed by atoms with Gasteiger partial charge in [-0.15, -0.1) is 0 Å². The van der Waals surface area contributed by atoms with Gasteiger partial charge in [0, 0.05) is 5.56 Å². The van der Waals surface area contributed by atoms with Crippen LogP contribution < -0.4 is 19.2 Å². The van der Waals surface area contributed by atoms with Crippen LogP contribution in [-0.4, -0.2) is 40.0 Å².